The number of amides is 20. The molecule has 2 fully saturated rings. The summed E-state index contributed by atoms with van der Waals surface area (Å²) in [6.07, 6.45) is -1.23. The zero-order valence-electron chi connectivity index (χ0n) is 79.0. The summed E-state index contributed by atoms with van der Waals surface area (Å²) in [6, 6.07) is -3.04. The van der Waals surface area contributed by atoms with Gasteiger partial charge in [-0.1, -0.05) is 82.3 Å². The van der Waals surface area contributed by atoms with E-state index < -0.39 is 210 Å². The van der Waals surface area contributed by atoms with Crippen LogP contribution >= 0.6 is 21.6 Å². The average Bonchev–Trinajstić information content (AvgIpc) is 1.32. The van der Waals surface area contributed by atoms with Gasteiger partial charge in [-0.15, -0.1) is 0 Å². The predicted molar refractivity (Wildman–Crippen MR) is 533 cm³/mol. The third-order valence-electron chi connectivity index (χ3n) is 22.8. The molecular formula is C89H138N32O19S2. The number of rotatable bonds is 46. The van der Waals surface area contributed by atoms with Gasteiger partial charge in [0.25, 0.3) is 0 Å². The van der Waals surface area contributed by atoms with Crippen LogP contribution in [0.3, 0.4) is 0 Å². The first kappa shape index (κ1) is 116. The van der Waals surface area contributed by atoms with E-state index >= 15 is 57.5 Å². The first-order chi connectivity index (χ1) is 67.7. The number of hydrogen-bond donors (Lipinski definition) is 30. The average molecular weight is 2020 g/mol. The zero-order chi connectivity index (χ0) is 104. The largest absolute Gasteiger partial charge is 0.508 e. The molecule has 0 unspecified atom stereocenters. The van der Waals surface area contributed by atoms with E-state index in [4.69, 9.17) is 74.5 Å². The fourth-order valence-electron chi connectivity index (χ4n) is 15.2. The highest BCUT2D eigenvalue weighted by Gasteiger charge is 2.43. The number of fused-ring (bicyclic) bond motifs is 2. The van der Waals surface area contributed by atoms with E-state index in [1.54, 1.807) is 36.4 Å². The number of nitrogens with zero attached hydrogens (tertiary/aromatic N) is 4. The lowest BCUT2D eigenvalue weighted by Gasteiger charge is -2.31. The van der Waals surface area contributed by atoms with Crippen LogP contribution in [0.4, 0.5) is 14.4 Å². The van der Waals surface area contributed by atoms with Gasteiger partial charge in [0.2, 0.25) is 82.7 Å². The number of carbonyl (C=O) groups excluding carboxylic acids is 17. The van der Waals surface area contributed by atoms with Gasteiger partial charge in [0.15, 0.2) is 17.9 Å². The molecule has 14 atom stereocenters. The van der Waals surface area contributed by atoms with Crippen molar-refractivity contribution in [3.8, 4) is 11.5 Å². The van der Waals surface area contributed by atoms with Crippen molar-refractivity contribution in [3.63, 3.8) is 0 Å². The van der Waals surface area contributed by atoms with E-state index in [1.807, 2.05) is 0 Å². The van der Waals surface area contributed by atoms with Crippen molar-refractivity contribution in [2.75, 3.05) is 70.4 Å². The molecule has 20 amide bonds. The van der Waals surface area contributed by atoms with E-state index in [2.05, 4.69) is 94.7 Å². The number of nitrogens with two attached hydrogens (primary N) is 13. The molecule has 0 bridgehead atoms. The Hall–Kier alpha value is -14.5. The summed E-state index contributed by atoms with van der Waals surface area (Å²) in [4.78, 5) is 262. The number of unbranched alkanes of at least 4 members (excludes halogenated alkanes) is 2. The lowest BCUT2D eigenvalue weighted by molar-refractivity contribution is -0.142. The molecule has 0 radical (unpaired) electrons. The van der Waals surface area contributed by atoms with Gasteiger partial charge in [0, 0.05) is 70.2 Å². The fraction of sp³-hybridized carbons (Fsp3) is 0.528. The van der Waals surface area contributed by atoms with Gasteiger partial charge in [-0.3, -0.25) is 82.1 Å². The van der Waals surface area contributed by atoms with Crippen molar-refractivity contribution in [2.45, 2.75) is 226 Å². The summed E-state index contributed by atoms with van der Waals surface area (Å²) in [7, 11) is 1.49. The smallest absolute Gasteiger partial charge is 0.312 e. The fourth-order valence-corrected chi connectivity index (χ4v) is 17.6. The van der Waals surface area contributed by atoms with E-state index in [0.29, 0.717) is 29.2 Å². The minimum Gasteiger partial charge on any atom is -0.508 e. The third-order valence-corrected chi connectivity index (χ3v) is 25.2. The second kappa shape index (κ2) is 61.9. The van der Waals surface area contributed by atoms with Crippen molar-refractivity contribution in [3.05, 3.63) is 108 Å². The molecule has 4 aromatic carbocycles. The maximum atomic E-state index is 16.0. The SMILES string of the molecule is NCCCC[C@@H]1NC(=O)[C@@H](CCCCN)NC(=O)[C@H](CCCN=C(N)N)NC(=O)[C@@H](Cc2ccc(O)cc2)NC(=O)[C@H](NC(=O)[C@@H](NC(=O)[C@H](CCCN=C(N)N)NC(=O)[C@@H](N)CCCNC(N)=O)c2ccc3ccccc3c2)CSSC[C@H](C(=O)N[C@@H](CCCN=C(N)N)C(N)=O)NC(=O)[C@H](CCCNC(N)=O)NC(=O)[C@H](CCCNC(N)=O)NC(=O)[C@H](Cc2ccc(O)cc2)NC(=O)[C@H]2CCCN2C1=O. The second-order valence-electron chi connectivity index (χ2n) is 33.9. The Morgan fingerprint density at radius 1 is 0.423 bits per heavy atom. The number of urea groups is 3. The van der Waals surface area contributed by atoms with Gasteiger partial charge >= 0.3 is 18.1 Å². The molecule has 0 aliphatic carbocycles. The van der Waals surface area contributed by atoms with Crippen LogP contribution in [-0.2, 0) is 80.0 Å². The first-order valence-corrected chi connectivity index (χ1v) is 49.2. The number of primary amides is 4. The molecule has 51 nitrogen and oxygen atoms in total. The third kappa shape index (κ3) is 42.3. The van der Waals surface area contributed by atoms with E-state index in [9.17, 15) is 34.2 Å². The summed E-state index contributed by atoms with van der Waals surface area (Å²) in [5.41, 5.74) is 75.1. The molecule has 6 rings (SSSR count). The Morgan fingerprint density at radius 2 is 0.852 bits per heavy atom. The van der Waals surface area contributed by atoms with E-state index in [0.717, 1.165) is 21.6 Å². The number of nitrogens with one attached hydrogen (secondary N) is 15. The molecular weight excluding hydrogens is 1890 g/mol. The van der Waals surface area contributed by atoms with Crippen LogP contribution in [0.2, 0.25) is 0 Å². The molecule has 0 spiro atoms. The Kier molecular flexibility index (Phi) is 50.6. The van der Waals surface area contributed by atoms with Gasteiger partial charge in [-0.2, -0.15) is 0 Å². The van der Waals surface area contributed by atoms with Crippen molar-refractivity contribution in [2.24, 2.45) is 89.5 Å². The molecule has 780 valence electrons. The number of hydrogen-bond acceptors (Lipinski definition) is 27. The van der Waals surface area contributed by atoms with Crippen LogP contribution in [0.15, 0.2) is 106 Å². The number of guanidine groups is 3. The minimum absolute atomic E-state index is 0.00747. The normalized spacial score (nSPS) is 20.3. The standard InChI is InChI=1S/C89H138N32O19S2/c90-35-5-3-17-58-74(128)115-63(18-4-6-36-91)83(137)121-43-13-24-68(121)81(135)117-65(45-50-27-33-55(123)34-28-50)78(132)114-60(22-11-41-107-88(101)139)73(127)112-61(23-12-42-108-89(102)140)75(129)118-66(79(133)109-57(70(93)124)19-8-37-103-84(94)95)47-141-142-48-67(80(134)116-64(44-49-25-31-54(122)32-26-49)77(131)113-59(72(126)111-58)20-9-38-104-85(96)97)119-82(136)69(53-30-29-51-14-1-2-15-52(51)46-53)120-76(130)62(21-10-39-105-86(98)99)110-71(125)56(92)16-7-40-106-87(100)138/h1-2,14-15,25-34,46,56-69,122-123H,3-13,16-24,35-45,47-48,90-92H2,(H2,93,124)(H,109,133)(H,110,125)(H,111,126)(H,112,127)(H,113,131)(H,114,132)(H,115,128)(H,116,134)(H,117,135)(H,118,129)(H,119,136)(H,120,130)(H4,94,95,103)(H4,96,97,104)(H4,98,99,105)(H3,100,106,138)(H3,101,107,139)(H3,102,108,140)/t56-,57-,58+,59-,60-,61-,62-,63-,64+,65-,66+,67+,68+,69-/m0/s1. The lowest BCUT2D eigenvalue weighted by Crippen LogP contribution is -2.61. The summed E-state index contributed by atoms with van der Waals surface area (Å²) in [5.74, 6) is -16.8. The number of carbonyl (C=O) groups is 17. The molecule has 0 aromatic heterocycles. The summed E-state index contributed by atoms with van der Waals surface area (Å²) in [6.45, 7) is -0.444. The Bertz CT molecular complexity index is 5000. The molecule has 4 aromatic rings. The monoisotopic (exact) mass is 2020 g/mol. The van der Waals surface area contributed by atoms with Crippen LogP contribution in [0.1, 0.15) is 151 Å². The lowest BCUT2D eigenvalue weighted by atomic mass is 10.00. The molecule has 0 saturated carbocycles. The van der Waals surface area contributed by atoms with Crippen LogP contribution in [0.25, 0.3) is 10.8 Å². The van der Waals surface area contributed by atoms with Gasteiger partial charge < -0.3 is 169 Å². The van der Waals surface area contributed by atoms with Gasteiger partial charge in [0.1, 0.15) is 90.0 Å². The highest BCUT2D eigenvalue weighted by molar-refractivity contribution is 8.76. The number of phenolic OH excluding ortho intramolecular Hbond substituents is 2. The van der Waals surface area contributed by atoms with Gasteiger partial charge in [-0.25, -0.2) is 14.4 Å². The van der Waals surface area contributed by atoms with Crippen molar-refractivity contribution in [1.82, 2.24) is 84.7 Å². The van der Waals surface area contributed by atoms with Crippen molar-refractivity contribution < 1.29 is 91.7 Å². The summed E-state index contributed by atoms with van der Waals surface area (Å²) in [5, 5.41) is 61.7. The number of aromatic hydroxyl groups is 2. The molecule has 2 saturated heterocycles. The number of phenols is 2. The zero-order valence-corrected chi connectivity index (χ0v) is 80.7. The molecule has 43 N–H and O–H groups in total. The quantitative estimate of drug-likeness (QED) is 0.00846. The van der Waals surface area contributed by atoms with Gasteiger partial charge in [0.05, 0.1) is 6.04 Å². The summed E-state index contributed by atoms with van der Waals surface area (Å²) >= 11 is 0. The Morgan fingerprint density at radius 3 is 1.35 bits per heavy atom. The van der Waals surface area contributed by atoms with Crippen LogP contribution < -0.4 is 154 Å². The minimum atomic E-state index is -1.92. The molecule has 2 heterocycles. The van der Waals surface area contributed by atoms with E-state index in [1.165, 1.54) is 59.5 Å². The molecule has 142 heavy (non-hydrogen) atoms. The Labute approximate surface area is 828 Å². The van der Waals surface area contributed by atoms with Crippen molar-refractivity contribution >= 4 is 151 Å². The van der Waals surface area contributed by atoms with Crippen LogP contribution in [-0.4, -0.2) is 283 Å². The molecule has 2 aliphatic heterocycles. The highest BCUT2D eigenvalue weighted by Crippen LogP contribution is 2.28. The predicted octanol–water partition coefficient (Wildman–Crippen LogP) is -6.81. The maximum absolute atomic E-state index is 16.0. The topological polar surface area (TPSA) is 890 Å². The van der Waals surface area contributed by atoms with Gasteiger partial charge in [-0.05, 0) is 199 Å². The summed E-state index contributed by atoms with van der Waals surface area (Å²) < 4.78 is 0. The highest BCUT2D eigenvalue weighted by atomic mass is 33.1. The maximum Gasteiger partial charge on any atom is 0.312 e. The van der Waals surface area contributed by atoms with Crippen LogP contribution in [0.5, 0.6) is 11.5 Å². The molecule has 53 heteroatoms. The molecule has 2 aliphatic rings. The number of aliphatic imine (C=N–C) groups is 3. The van der Waals surface area contributed by atoms with E-state index in [-0.39, 0.29) is 215 Å². The van der Waals surface area contributed by atoms with Crippen molar-refractivity contribution in [1.29, 1.82) is 0 Å². The first-order valence-electron chi connectivity index (χ1n) is 46.7. The second-order valence-corrected chi connectivity index (χ2v) is 36.5. The number of benzene rings is 4. The van der Waals surface area contributed by atoms with Crippen LogP contribution in [0, 0.1) is 0 Å². The Balaban J connectivity index is 1.62.